The molecule has 1 saturated carbocycles. The summed E-state index contributed by atoms with van der Waals surface area (Å²) in [5.74, 6) is 0.732. The molecule has 48 valence electrons. The molecular formula is C9H12. The van der Waals surface area contributed by atoms with E-state index in [1.165, 1.54) is 19.3 Å². The van der Waals surface area contributed by atoms with Gasteiger partial charge in [0.15, 0.2) is 0 Å². The molecule has 2 aliphatic rings. The van der Waals surface area contributed by atoms with E-state index in [1.54, 1.807) is 11.1 Å². The maximum absolute atomic E-state index is 2.41. The number of fused-ring (bicyclic) bond motifs is 1. The van der Waals surface area contributed by atoms with E-state index in [0.717, 1.165) is 5.92 Å². The molecule has 0 aliphatic heterocycles. The van der Waals surface area contributed by atoms with Crippen LogP contribution in [-0.4, -0.2) is 0 Å². The molecular weight excluding hydrogens is 108 g/mol. The maximum Gasteiger partial charge on any atom is -0.00700 e. The van der Waals surface area contributed by atoms with Crippen LogP contribution in [0.1, 0.15) is 26.2 Å². The van der Waals surface area contributed by atoms with Crippen LogP contribution < -0.4 is 0 Å². The predicted octanol–water partition coefficient (Wildman–Crippen LogP) is 2.67. The third kappa shape index (κ3) is 0.735. The average Bonchev–Trinajstić information content (AvgIpc) is 2.22. The summed E-state index contributed by atoms with van der Waals surface area (Å²) in [5.41, 5.74) is 3.28. The Morgan fingerprint density at radius 3 is 2.33 bits per heavy atom. The van der Waals surface area contributed by atoms with Crippen LogP contribution in [0, 0.1) is 5.92 Å². The van der Waals surface area contributed by atoms with Crippen molar-refractivity contribution in [3.05, 3.63) is 23.3 Å². The lowest BCUT2D eigenvalue weighted by Crippen LogP contribution is -1.76. The molecule has 0 heterocycles. The Hall–Kier alpha value is -0.520. The average molecular weight is 120 g/mol. The first kappa shape index (κ1) is 5.28. The standard InChI is InChI=1S/C9H12/c1-7-5-8-3-2-4-9(8)6-7/h5-7H,2-4H2,1H3. The lowest BCUT2D eigenvalue weighted by atomic mass is 10.2. The molecule has 0 amide bonds. The van der Waals surface area contributed by atoms with Crippen molar-refractivity contribution in [3.63, 3.8) is 0 Å². The smallest absolute Gasteiger partial charge is 0.00700 e. The summed E-state index contributed by atoms with van der Waals surface area (Å²) >= 11 is 0. The molecule has 0 aromatic carbocycles. The fourth-order valence-electron chi connectivity index (χ4n) is 1.85. The molecule has 9 heavy (non-hydrogen) atoms. The zero-order chi connectivity index (χ0) is 6.27. The monoisotopic (exact) mass is 120 g/mol. The maximum atomic E-state index is 2.41. The molecule has 0 heteroatoms. The lowest BCUT2D eigenvalue weighted by Gasteiger charge is -1.89. The van der Waals surface area contributed by atoms with Crippen molar-refractivity contribution < 1.29 is 0 Å². The van der Waals surface area contributed by atoms with Crippen LogP contribution >= 0.6 is 0 Å². The fourth-order valence-corrected chi connectivity index (χ4v) is 1.85. The van der Waals surface area contributed by atoms with Crippen molar-refractivity contribution in [3.8, 4) is 0 Å². The SMILES string of the molecule is CC1C=C2CCCC2=C1. The third-order valence-corrected chi connectivity index (χ3v) is 2.23. The first-order valence-electron chi connectivity index (χ1n) is 3.78. The van der Waals surface area contributed by atoms with E-state index in [4.69, 9.17) is 0 Å². The van der Waals surface area contributed by atoms with Gasteiger partial charge in [0, 0.05) is 0 Å². The van der Waals surface area contributed by atoms with Crippen molar-refractivity contribution >= 4 is 0 Å². The Morgan fingerprint density at radius 2 is 1.78 bits per heavy atom. The zero-order valence-corrected chi connectivity index (χ0v) is 5.85. The molecule has 0 spiro atoms. The lowest BCUT2D eigenvalue weighted by molar-refractivity contribution is 0.884. The van der Waals surface area contributed by atoms with Crippen molar-refractivity contribution in [2.24, 2.45) is 5.92 Å². The predicted molar refractivity (Wildman–Crippen MR) is 39.2 cm³/mol. The van der Waals surface area contributed by atoms with E-state index in [0.29, 0.717) is 0 Å². The molecule has 0 nitrogen and oxygen atoms in total. The Morgan fingerprint density at radius 1 is 1.22 bits per heavy atom. The van der Waals surface area contributed by atoms with Crippen molar-refractivity contribution in [1.29, 1.82) is 0 Å². The molecule has 0 bridgehead atoms. The summed E-state index contributed by atoms with van der Waals surface area (Å²) in [6.45, 7) is 2.26. The van der Waals surface area contributed by atoms with E-state index in [1.807, 2.05) is 0 Å². The van der Waals surface area contributed by atoms with Crippen LogP contribution in [-0.2, 0) is 0 Å². The zero-order valence-electron chi connectivity index (χ0n) is 5.85. The molecule has 2 rings (SSSR count). The topological polar surface area (TPSA) is 0 Å². The van der Waals surface area contributed by atoms with Gasteiger partial charge in [-0.1, -0.05) is 19.1 Å². The molecule has 0 N–H and O–H groups in total. The van der Waals surface area contributed by atoms with Crippen molar-refractivity contribution in [2.75, 3.05) is 0 Å². The van der Waals surface area contributed by atoms with Crippen LogP contribution in [0.3, 0.4) is 0 Å². The van der Waals surface area contributed by atoms with Crippen molar-refractivity contribution in [2.45, 2.75) is 26.2 Å². The van der Waals surface area contributed by atoms with Crippen LogP contribution in [0.15, 0.2) is 23.3 Å². The summed E-state index contributed by atoms with van der Waals surface area (Å²) in [4.78, 5) is 0. The van der Waals surface area contributed by atoms with Crippen LogP contribution in [0.25, 0.3) is 0 Å². The minimum atomic E-state index is 0.732. The molecule has 0 unspecified atom stereocenters. The second-order valence-corrected chi connectivity index (χ2v) is 3.10. The number of hydrogen-bond acceptors (Lipinski definition) is 0. The first-order valence-corrected chi connectivity index (χ1v) is 3.78. The molecule has 2 aliphatic carbocycles. The van der Waals surface area contributed by atoms with Crippen LogP contribution in [0.4, 0.5) is 0 Å². The van der Waals surface area contributed by atoms with Crippen LogP contribution in [0.5, 0.6) is 0 Å². The summed E-state index contributed by atoms with van der Waals surface area (Å²) < 4.78 is 0. The fraction of sp³-hybridized carbons (Fsp3) is 0.556. The molecule has 0 saturated heterocycles. The normalized spacial score (nSPS) is 25.9. The Kier molecular flexibility index (Phi) is 1.01. The number of rotatable bonds is 0. The van der Waals surface area contributed by atoms with Gasteiger partial charge in [0.1, 0.15) is 0 Å². The minimum absolute atomic E-state index is 0.732. The second kappa shape index (κ2) is 1.73. The summed E-state index contributed by atoms with van der Waals surface area (Å²) in [6.07, 6.45) is 8.89. The van der Waals surface area contributed by atoms with Gasteiger partial charge in [-0.15, -0.1) is 0 Å². The van der Waals surface area contributed by atoms with E-state index in [2.05, 4.69) is 19.1 Å². The van der Waals surface area contributed by atoms with Gasteiger partial charge in [0.05, 0.1) is 0 Å². The summed E-state index contributed by atoms with van der Waals surface area (Å²) in [6, 6.07) is 0. The van der Waals surface area contributed by atoms with E-state index in [9.17, 15) is 0 Å². The van der Waals surface area contributed by atoms with Gasteiger partial charge in [-0.3, -0.25) is 0 Å². The minimum Gasteiger partial charge on any atom is -0.0744 e. The third-order valence-electron chi connectivity index (χ3n) is 2.23. The summed E-state index contributed by atoms with van der Waals surface area (Å²) in [5, 5.41) is 0. The van der Waals surface area contributed by atoms with Gasteiger partial charge in [-0.2, -0.15) is 0 Å². The molecule has 0 aromatic heterocycles. The molecule has 1 fully saturated rings. The Balaban J connectivity index is 2.33. The quantitative estimate of drug-likeness (QED) is 0.461. The highest BCUT2D eigenvalue weighted by molar-refractivity contribution is 5.41. The molecule has 0 radical (unpaired) electrons. The van der Waals surface area contributed by atoms with Gasteiger partial charge < -0.3 is 0 Å². The van der Waals surface area contributed by atoms with Gasteiger partial charge in [-0.25, -0.2) is 0 Å². The molecule has 0 aromatic rings. The van der Waals surface area contributed by atoms with Gasteiger partial charge in [0.2, 0.25) is 0 Å². The number of allylic oxidation sites excluding steroid dienone is 4. The van der Waals surface area contributed by atoms with Gasteiger partial charge >= 0.3 is 0 Å². The first-order chi connectivity index (χ1) is 4.36. The molecule has 0 atom stereocenters. The van der Waals surface area contributed by atoms with Crippen LogP contribution in [0.2, 0.25) is 0 Å². The van der Waals surface area contributed by atoms with Gasteiger partial charge in [-0.05, 0) is 36.3 Å². The van der Waals surface area contributed by atoms with E-state index >= 15 is 0 Å². The Bertz CT molecular complexity index is 164. The second-order valence-electron chi connectivity index (χ2n) is 3.10. The highest BCUT2D eigenvalue weighted by Crippen LogP contribution is 2.36. The largest absolute Gasteiger partial charge is 0.0744 e. The number of hydrogen-bond donors (Lipinski definition) is 0. The Labute approximate surface area is 56.3 Å². The highest BCUT2D eigenvalue weighted by atomic mass is 14.2. The van der Waals surface area contributed by atoms with E-state index in [-0.39, 0.29) is 0 Å². The van der Waals surface area contributed by atoms with E-state index < -0.39 is 0 Å². The van der Waals surface area contributed by atoms with Crippen molar-refractivity contribution in [1.82, 2.24) is 0 Å². The van der Waals surface area contributed by atoms with Gasteiger partial charge in [0.25, 0.3) is 0 Å². The highest BCUT2D eigenvalue weighted by Gasteiger charge is 2.18. The summed E-state index contributed by atoms with van der Waals surface area (Å²) in [7, 11) is 0.